The molecule has 7 heteroatoms. The summed E-state index contributed by atoms with van der Waals surface area (Å²) in [6.45, 7) is 0. The van der Waals surface area contributed by atoms with E-state index in [1.165, 1.54) is 37.1 Å². The van der Waals surface area contributed by atoms with Crippen LogP contribution in [0.5, 0.6) is 0 Å². The molecule has 5 aromatic heterocycles. The number of thiophene rings is 1. The Morgan fingerprint density at radius 2 is 0.895 bits per heavy atom. The SMILES string of the molecule is c1ccc(-c2nc(-c3ccccc3)nc(-c3cccc(-n4c5ccccc5c5c6c7cccnc7sc6c6c(c7ccccc7n6-c6ccccc6)c54)c3)n2)cc1. The van der Waals surface area contributed by atoms with Crippen molar-refractivity contribution in [2.24, 2.45) is 0 Å². The number of hydrogen-bond donors (Lipinski definition) is 0. The normalized spacial score (nSPS) is 11.9. The van der Waals surface area contributed by atoms with Crippen molar-refractivity contribution in [2.45, 2.75) is 0 Å². The van der Waals surface area contributed by atoms with Crippen LogP contribution in [0.15, 0.2) is 182 Å². The van der Waals surface area contributed by atoms with E-state index in [0.717, 1.165) is 54.8 Å². The summed E-state index contributed by atoms with van der Waals surface area (Å²) < 4.78 is 6.13. The van der Waals surface area contributed by atoms with Crippen LogP contribution in [-0.4, -0.2) is 29.1 Å². The average Bonchev–Trinajstić information content (AvgIpc) is 3.95. The Morgan fingerprint density at radius 1 is 0.386 bits per heavy atom. The Kier molecular flexibility index (Phi) is 7.00. The van der Waals surface area contributed by atoms with Crippen LogP contribution >= 0.6 is 11.3 Å². The van der Waals surface area contributed by atoms with Crippen molar-refractivity contribution in [3.63, 3.8) is 0 Å². The number of benzene rings is 7. The molecule has 266 valence electrons. The highest BCUT2D eigenvalue weighted by Gasteiger charge is 2.27. The molecule has 0 fully saturated rings. The third-order valence-electron chi connectivity index (χ3n) is 11.0. The van der Waals surface area contributed by atoms with Gasteiger partial charge in [0, 0.05) is 66.6 Å². The van der Waals surface area contributed by atoms with Gasteiger partial charge in [-0.15, -0.1) is 11.3 Å². The lowest BCUT2D eigenvalue weighted by Crippen LogP contribution is -2.01. The Labute approximate surface area is 330 Å². The first kappa shape index (κ1) is 31.8. The predicted molar refractivity (Wildman–Crippen MR) is 235 cm³/mol. The first-order chi connectivity index (χ1) is 28.3. The largest absolute Gasteiger partial charge is 0.308 e. The maximum Gasteiger partial charge on any atom is 0.164 e. The topological polar surface area (TPSA) is 61.4 Å². The Morgan fingerprint density at radius 3 is 1.56 bits per heavy atom. The van der Waals surface area contributed by atoms with Gasteiger partial charge in [-0.1, -0.05) is 127 Å². The van der Waals surface area contributed by atoms with Crippen molar-refractivity contribution in [1.82, 2.24) is 29.1 Å². The molecular formula is C50H30N6S. The Bertz CT molecular complexity index is 3460. The van der Waals surface area contributed by atoms with Crippen molar-refractivity contribution in [3.8, 4) is 45.5 Å². The second-order valence-electron chi connectivity index (χ2n) is 14.2. The van der Waals surface area contributed by atoms with E-state index in [9.17, 15) is 0 Å². The van der Waals surface area contributed by atoms with Crippen molar-refractivity contribution in [3.05, 3.63) is 182 Å². The lowest BCUT2D eigenvalue weighted by atomic mass is 10.0. The average molecular weight is 747 g/mol. The lowest BCUT2D eigenvalue weighted by Gasteiger charge is -2.13. The molecular weight excluding hydrogens is 717 g/mol. The minimum Gasteiger partial charge on any atom is -0.308 e. The molecule has 57 heavy (non-hydrogen) atoms. The van der Waals surface area contributed by atoms with Crippen LogP contribution in [0.4, 0.5) is 0 Å². The highest BCUT2D eigenvalue weighted by Crippen LogP contribution is 2.50. The number of para-hydroxylation sites is 3. The number of hydrogen-bond acceptors (Lipinski definition) is 5. The summed E-state index contributed by atoms with van der Waals surface area (Å²) in [5.74, 6) is 1.89. The Hall–Kier alpha value is -7.48. The van der Waals surface area contributed by atoms with Gasteiger partial charge in [0.1, 0.15) is 4.83 Å². The van der Waals surface area contributed by atoms with E-state index in [0.29, 0.717) is 17.5 Å². The molecule has 0 bridgehead atoms. The van der Waals surface area contributed by atoms with Crippen LogP contribution in [0.3, 0.4) is 0 Å². The molecule has 0 N–H and O–H groups in total. The number of rotatable bonds is 5. The molecule has 0 aliphatic rings. The van der Waals surface area contributed by atoms with Gasteiger partial charge in [0.05, 0.1) is 26.8 Å². The molecule has 12 rings (SSSR count). The summed E-state index contributed by atoms with van der Waals surface area (Å²) in [6, 6.07) is 61.5. The molecule has 0 atom stereocenters. The molecule has 6 nitrogen and oxygen atoms in total. The first-order valence-electron chi connectivity index (χ1n) is 19.0. The fourth-order valence-electron chi connectivity index (χ4n) is 8.61. The summed E-state index contributed by atoms with van der Waals surface area (Å²) in [5, 5.41) is 7.23. The molecule has 0 radical (unpaired) electrons. The second kappa shape index (κ2) is 12.5. The highest BCUT2D eigenvalue weighted by molar-refractivity contribution is 7.26. The molecule has 0 saturated carbocycles. The van der Waals surface area contributed by atoms with Gasteiger partial charge in [-0.25, -0.2) is 19.9 Å². The van der Waals surface area contributed by atoms with Gasteiger partial charge in [-0.05, 0) is 48.5 Å². The highest BCUT2D eigenvalue weighted by atomic mass is 32.1. The maximum atomic E-state index is 5.10. The summed E-state index contributed by atoms with van der Waals surface area (Å²) in [6.07, 6.45) is 1.90. The summed E-state index contributed by atoms with van der Waals surface area (Å²) in [4.78, 5) is 21.1. The van der Waals surface area contributed by atoms with Gasteiger partial charge in [-0.2, -0.15) is 0 Å². The van der Waals surface area contributed by atoms with Crippen molar-refractivity contribution in [1.29, 1.82) is 0 Å². The fourth-order valence-corrected chi connectivity index (χ4v) is 9.80. The van der Waals surface area contributed by atoms with Crippen LogP contribution in [0.1, 0.15) is 0 Å². The van der Waals surface area contributed by atoms with Crippen molar-refractivity contribution in [2.75, 3.05) is 0 Å². The summed E-state index contributed by atoms with van der Waals surface area (Å²) >= 11 is 1.78. The van der Waals surface area contributed by atoms with Gasteiger partial charge < -0.3 is 9.13 Å². The summed E-state index contributed by atoms with van der Waals surface area (Å²) in [5.41, 5.74) is 9.57. The van der Waals surface area contributed by atoms with E-state index in [4.69, 9.17) is 19.9 Å². The van der Waals surface area contributed by atoms with Gasteiger partial charge in [0.25, 0.3) is 0 Å². The van der Waals surface area contributed by atoms with Gasteiger partial charge in [-0.3, -0.25) is 0 Å². The molecule has 5 heterocycles. The molecule has 0 aliphatic heterocycles. The summed E-state index contributed by atoms with van der Waals surface area (Å²) in [7, 11) is 0. The molecule has 12 aromatic rings. The molecule has 0 aliphatic carbocycles. The third-order valence-corrected chi connectivity index (χ3v) is 12.1. The lowest BCUT2D eigenvalue weighted by molar-refractivity contribution is 1.07. The van der Waals surface area contributed by atoms with Crippen LogP contribution in [-0.2, 0) is 0 Å². The first-order valence-corrected chi connectivity index (χ1v) is 19.8. The van der Waals surface area contributed by atoms with Crippen LogP contribution in [0, 0.1) is 0 Å². The smallest absolute Gasteiger partial charge is 0.164 e. The van der Waals surface area contributed by atoms with Crippen molar-refractivity contribution >= 4 is 75.3 Å². The van der Waals surface area contributed by atoms with Gasteiger partial charge in [0.2, 0.25) is 0 Å². The van der Waals surface area contributed by atoms with E-state index >= 15 is 0 Å². The van der Waals surface area contributed by atoms with Crippen LogP contribution in [0.2, 0.25) is 0 Å². The predicted octanol–water partition coefficient (Wildman–Crippen LogP) is 12.8. The quantitative estimate of drug-likeness (QED) is 0.176. The van der Waals surface area contributed by atoms with E-state index in [2.05, 4.69) is 124 Å². The van der Waals surface area contributed by atoms with Crippen LogP contribution in [0.25, 0.3) is 109 Å². The van der Waals surface area contributed by atoms with E-state index in [1.807, 2.05) is 66.9 Å². The van der Waals surface area contributed by atoms with E-state index < -0.39 is 0 Å². The standard InChI is InChI=1S/C50H30N6S/c1-4-16-31(17-5-1)47-52-48(32-18-6-2-7-19-32)54-49(53-47)33-20-14-23-35(30-33)56-39-27-12-10-24-36(39)41-42-38-26-15-29-51-50(38)57-46(42)45-43(44(41)56)37-25-11-13-28-40(37)55(45)34-21-8-3-9-22-34/h1-30H. The van der Waals surface area contributed by atoms with Gasteiger partial charge >= 0.3 is 0 Å². The zero-order valence-electron chi connectivity index (χ0n) is 30.4. The third kappa shape index (κ3) is 4.83. The number of pyridine rings is 1. The molecule has 0 saturated heterocycles. The number of aromatic nitrogens is 6. The minimum atomic E-state index is 0.619. The van der Waals surface area contributed by atoms with E-state index in [-0.39, 0.29) is 0 Å². The molecule has 7 aromatic carbocycles. The van der Waals surface area contributed by atoms with Crippen LogP contribution < -0.4 is 0 Å². The Balaban J connectivity index is 1.22. The minimum absolute atomic E-state index is 0.619. The van der Waals surface area contributed by atoms with Gasteiger partial charge in [0.15, 0.2) is 17.5 Å². The maximum absolute atomic E-state index is 5.10. The zero-order chi connectivity index (χ0) is 37.5. The fraction of sp³-hybridized carbons (Fsp3) is 0. The monoisotopic (exact) mass is 746 g/mol. The second-order valence-corrected chi connectivity index (χ2v) is 15.2. The molecule has 0 spiro atoms. The molecule has 0 unspecified atom stereocenters. The zero-order valence-corrected chi connectivity index (χ0v) is 31.2. The molecule has 0 amide bonds. The van der Waals surface area contributed by atoms with Crippen molar-refractivity contribution < 1.29 is 0 Å². The number of fused-ring (bicyclic) bond motifs is 12. The number of nitrogens with zero attached hydrogens (tertiary/aromatic N) is 6. The van der Waals surface area contributed by atoms with E-state index in [1.54, 1.807) is 11.3 Å².